The molecule has 0 saturated carbocycles. The summed E-state index contributed by atoms with van der Waals surface area (Å²) < 4.78 is 29.4. The van der Waals surface area contributed by atoms with Crippen molar-refractivity contribution in [2.75, 3.05) is 36.4 Å². The van der Waals surface area contributed by atoms with Gasteiger partial charge in [0.15, 0.2) is 11.6 Å². The Morgan fingerprint density at radius 1 is 0.788 bits per heavy atom. The molecule has 4 aromatic rings. The van der Waals surface area contributed by atoms with E-state index in [-0.39, 0.29) is 4.90 Å². The van der Waals surface area contributed by atoms with Crippen LogP contribution in [0.5, 0.6) is 0 Å². The fraction of sp³-hybridized carbons (Fsp3) is 0.182. The number of sulfonamides is 1. The Labute approximate surface area is 191 Å². The summed E-state index contributed by atoms with van der Waals surface area (Å²) >= 11 is 0. The molecule has 0 bridgehead atoms. The first-order valence-corrected chi connectivity index (χ1v) is 11.9. The van der Waals surface area contributed by atoms with Crippen LogP contribution in [-0.2, 0) is 10.0 Å². The minimum Gasteiger partial charge on any atom is -0.352 e. The van der Waals surface area contributed by atoms with Gasteiger partial charge in [-0.2, -0.15) is 9.40 Å². The van der Waals surface area contributed by atoms with Gasteiger partial charge in [0.25, 0.3) is 0 Å². The second kappa shape index (κ2) is 8.96. The molecule has 1 N–H and O–H groups in total. The van der Waals surface area contributed by atoms with E-state index in [9.17, 15) is 8.42 Å². The van der Waals surface area contributed by atoms with Crippen LogP contribution in [0, 0.1) is 0 Å². The summed E-state index contributed by atoms with van der Waals surface area (Å²) in [5.41, 5.74) is 0.809. The lowest BCUT2D eigenvalue weighted by Crippen LogP contribution is -2.49. The van der Waals surface area contributed by atoms with Crippen LogP contribution in [0.15, 0.2) is 84.1 Å². The van der Waals surface area contributed by atoms with Crippen molar-refractivity contribution in [1.82, 2.24) is 29.3 Å². The van der Waals surface area contributed by atoms with Crippen molar-refractivity contribution < 1.29 is 8.42 Å². The molecule has 168 valence electrons. The van der Waals surface area contributed by atoms with Gasteiger partial charge < -0.3 is 10.2 Å². The largest absolute Gasteiger partial charge is 0.352 e. The number of nitrogens with zero attached hydrogens (tertiary/aromatic N) is 7. The second-order valence-corrected chi connectivity index (χ2v) is 9.39. The molecule has 4 heterocycles. The maximum absolute atomic E-state index is 13.1. The Morgan fingerprint density at radius 2 is 1.61 bits per heavy atom. The van der Waals surface area contributed by atoms with E-state index in [2.05, 4.69) is 25.6 Å². The quantitative estimate of drug-likeness (QED) is 0.465. The third kappa shape index (κ3) is 4.54. The number of anilines is 3. The van der Waals surface area contributed by atoms with E-state index < -0.39 is 10.0 Å². The molecule has 1 aliphatic heterocycles. The topological polar surface area (TPSA) is 109 Å². The van der Waals surface area contributed by atoms with E-state index in [1.807, 2.05) is 47.5 Å². The van der Waals surface area contributed by atoms with Gasteiger partial charge in [-0.15, -0.1) is 10.2 Å². The molecule has 1 aromatic carbocycles. The highest BCUT2D eigenvalue weighted by atomic mass is 32.2. The van der Waals surface area contributed by atoms with Crippen molar-refractivity contribution in [3.63, 3.8) is 0 Å². The average molecular weight is 463 g/mol. The van der Waals surface area contributed by atoms with Gasteiger partial charge in [0.2, 0.25) is 10.0 Å². The third-order valence-corrected chi connectivity index (χ3v) is 7.29. The fourth-order valence-corrected chi connectivity index (χ4v) is 5.05. The Hall–Kier alpha value is -3.83. The van der Waals surface area contributed by atoms with Crippen LogP contribution < -0.4 is 10.2 Å². The number of benzene rings is 1. The first kappa shape index (κ1) is 21.0. The van der Waals surface area contributed by atoms with Crippen LogP contribution in [0.3, 0.4) is 0 Å². The van der Waals surface area contributed by atoms with Crippen molar-refractivity contribution in [3.8, 4) is 5.69 Å². The van der Waals surface area contributed by atoms with Crippen LogP contribution in [0.1, 0.15) is 0 Å². The lowest BCUT2D eigenvalue weighted by Gasteiger charge is -2.34. The lowest BCUT2D eigenvalue weighted by molar-refractivity contribution is 0.383. The lowest BCUT2D eigenvalue weighted by atomic mass is 10.3. The predicted molar refractivity (Wildman–Crippen MR) is 124 cm³/mol. The van der Waals surface area contributed by atoms with Crippen molar-refractivity contribution in [1.29, 1.82) is 0 Å². The molecule has 0 atom stereocenters. The van der Waals surface area contributed by atoms with Crippen LogP contribution in [0.4, 0.5) is 17.5 Å². The predicted octanol–water partition coefficient (Wildman–Crippen LogP) is 2.31. The molecule has 10 nitrogen and oxygen atoms in total. The zero-order chi connectivity index (χ0) is 22.7. The molecule has 0 unspecified atom stereocenters. The van der Waals surface area contributed by atoms with E-state index in [1.54, 1.807) is 41.3 Å². The molecule has 5 rings (SSSR count). The average Bonchev–Trinajstić information content (AvgIpc) is 3.41. The summed E-state index contributed by atoms with van der Waals surface area (Å²) in [6.45, 7) is 1.82. The van der Waals surface area contributed by atoms with Gasteiger partial charge in [0, 0.05) is 44.8 Å². The molecule has 11 heteroatoms. The molecule has 0 aliphatic carbocycles. The summed E-state index contributed by atoms with van der Waals surface area (Å²) in [5, 5.41) is 15.8. The standard InChI is InChI=1S/C22H22N8O2S/c31-33(32,19-7-5-18(6-8-19)30-13-3-12-24-30)29-16-14-28(15-17-29)22-10-9-21(26-27-22)25-20-4-1-2-11-23-20/h1-13H,14-17H2,(H,23,25,26). The number of rotatable bonds is 6. The van der Waals surface area contributed by atoms with Crippen LogP contribution in [0.25, 0.3) is 5.69 Å². The Bertz CT molecular complexity index is 1290. The van der Waals surface area contributed by atoms with Crippen molar-refractivity contribution in [3.05, 3.63) is 79.3 Å². The van der Waals surface area contributed by atoms with E-state index >= 15 is 0 Å². The number of aromatic nitrogens is 5. The normalized spacial score (nSPS) is 14.8. The Morgan fingerprint density at radius 3 is 2.24 bits per heavy atom. The monoisotopic (exact) mass is 462 g/mol. The van der Waals surface area contributed by atoms with Crippen molar-refractivity contribution in [2.24, 2.45) is 0 Å². The molecule has 0 spiro atoms. The zero-order valence-electron chi connectivity index (χ0n) is 17.7. The summed E-state index contributed by atoms with van der Waals surface area (Å²) in [6.07, 6.45) is 5.19. The van der Waals surface area contributed by atoms with E-state index in [0.717, 1.165) is 5.69 Å². The number of hydrogen-bond donors (Lipinski definition) is 1. The number of hydrogen-bond acceptors (Lipinski definition) is 8. The van der Waals surface area contributed by atoms with E-state index in [0.29, 0.717) is 43.6 Å². The molecule has 1 aliphatic rings. The summed E-state index contributed by atoms with van der Waals surface area (Å²) in [4.78, 5) is 6.51. The fourth-order valence-electron chi connectivity index (χ4n) is 3.63. The van der Waals surface area contributed by atoms with Gasteiger partial charge in [-0.3, -0.25) is 0 Å². The van der Waals surface area contributed by atoms with Gasteiger partial charge in [-0.05, 0) is 54.6 Å². The zero-order valence-corrected chi connectivity index (χ0v) is 18.5. The van der Waals surface area contributed by atoms with Crippen LogP contribution in [0.2, 0.25) is 0 Å². The smallest absolute Gasteiger partial charge is 0.243 e. The van der Waals surface area contributed by atoms with Gasteiger partial charge >= 0.3 is 0 Å². The molecular formula is C22H22N8O2S. The Kier molecular flexibility index (Phi) is 5.71. The molecule has 0 radical (unpaired) electrons. The molecule has 33 heavy (non-hydrogen) atoms. The van der Waals surface area contributed by atoms with Crippen molar-refractivity contribution in [2.45, 2.75) is 4.90 Å². The SMILES string of the molecule is O=S(=O)(c1ccc(-n2cccn2)cc1)N1CCN(c2ccc(Nc3ccccn3)nn2)CC1. The maximum Gasteiger partial charge on any atom is 0.243 e. The molecular weight excluding hydrogens is 440 g/mol. The molecule has 3 aromatic heterocycles. The van der Waals surface area contributed by atoms with Gasteiger partial charge in [-0.25, -0.2) is 18.1 Å². The highest BCUT2D eigenvalue weighted by molar-refractivity contribution is 7.89. The molecule has 1 saturated heterocycles. The Balaban J connectivity index is 1.21. The highest BCUT2D eigenvalue weighted by Gasteiger charge is 2.29. The van der Waals surface area contributed by atoms with E-state index in [1.165, 1.54) is 4.31 Å². The minimum atomic E-state index is -3.57. The van der Waals surface area contributed by atoms with Gasteiger partial charge in [-0.1, -0.05) is 6.07 Å². The molecule has 0 amide bonds. The number of nitrogens with one attached hydrogen (secondary N) is 1. The summed E-state index contributed by atoms with van der Waals surface area (Å²) in [7, 11) is -3.57. The maximum atomic E-state index is 13.1. The van der Waals surface area contributed by atoms with Crippen molar-refractivity contribution >= 4 is 27.5 Å². The first-order valence-electron chi connectivity index (χ1n) is 10.5. The molecule has 1 fully saturated rings. The number of pyridine rings is 1. The highest BCUT2D eigenvalue weighted by Crippen LogP contribution is 2.22. The third-order valence-electron chi connectivity index (χ3n) is 5.38. The van der Waals surface area contributed by atoms with Gasteiger partial charge in [0.05, 0.1) is 10.6 Å². The first-order chi connectivity index (χ1) is 16.1. The number of piperazine rings is 1. The minimum absolute atomic E-state index is 0.275. The van der Waals surface area contributed by atoms with Crippen LogP contribution >= 0.6 is 0 Å². The second-order valence-electron chi connectivity index (χ2n) is 7.45. The van der Waals surface area contributed by atoms with Gasteiger partial charge in [0.1, 0.15) is 5.82 Å². The summed E-state index contributed by atoms with van der Waals surface area (Å²) in [6, 6.07) is 17.9. The van der Waals surface area contributed by atoms with E-state index in [4.69, 9.17) is 0 Å². The summed E-state index contributed by atoms with van der Waals surface area (Å²) in [5.74, 6) is 2.00. The van der Waals surface area contributed by atoms with Crippen LogP contribution in [-0.4, -0.2) is 63.9 Å².